The van der Waals surface area contributed by atoms with Gasteiger partial charge in [0.2, 0.25) is 0 Å². The molecule has 0 bridgehead atoms. The van der Waals surface area contributed by atoms with Crippen LogP contribution in [0.25, 0.3) is 0 Å². The molecule has 0 heterocycles. The number of benzene rings is 3. The van der Waals surface area contributed by atoms with Gasteiger partial charge in [-0.3, -0.25) is 0 Å². The number of carbonyl (C=O) groups excluding carboxylic acids is 6. The third kappa shape index (κ3) is 17.4. The Labute approximate surface area is 282 Å². The number of hydrogen-bond acceptors (Lipinski definition) is 12. The molecule has 0 aliphatic heterocycles. The minimum Gasteiger partial charge on any atom is -2.00 e. The zero-order valence-electron chi connectivity index (χ0n) is 21.1. The molecule has 3 aromatic carbocycles. The Morgan fingerprint density at radius 1 is 0.293 bits per heavy atom. The average Bonchev–Trinajstić information content (AvgIpc) is 2.84. The molecular weight excluding hydrogens is 758 g/mol. The largest absolute Gasteiger partial charge is 2.00 e. The van der Waals surface area contributed by atoms with Crippen molar-refractivity contribution in [3.63, 3.8) is 0 Å². The molecule has 194 valence electrons. The quantitative estimate of drug-likeness (QED) is 0.214. The first-order valence-corrected chi connectivity index (χ1v) is 9.41. The van der Waals surface area contributed by atoms with Crippen LogP contribution in [0.5, 0.6) is 0 Å². The Bertz CT molecular complexity index is 1020. The van der Waals surface area contributed by atoms with Crippen molar-refractivity contribution < 1.29 is 143 Å². The van der Waals surface area contributed by atoms with Gasteiger partial charge in [0.05, 0.1) is 35.8 Å². The van der Waals surface area contributed by atoms with Gasteiger partial charge in [0.1, 0.15) is 0 Å². The Balaban J connectivity index is -0.000000149. The third-order valence-corrected chi connectivity index (χ3v) is 4.07. The summed E-state index contributed by atoms with van der Waals surface area (Å²) in [6.07, 6.45) is 0. The van der Waals surface area contributed by atoms with Gasteiger partial charge >= 0.3 is 77.9 Å². The molecule has 0 aromatic heterocycles. The number of hydrogen-bond donors (Lipinski definition) is 0. The normalized spacial score (nSPS) is 8.20. The average molecular weight is 770 g/mol. The first-order valence-electron chi connectivity index (χ1n) is 9.41. The van der Waals surface area contributed by atoms with Crippen molar-refractivity contribution in [1.29, 1.82) is 0 Å². The standard InChI is InChI=1S/3C8H6O4.O.4Zn/c3*9-7(10)5-1-2-6(4-3-5)8(11)12;;;;;/h3*1-4H,(H,9,10)(H,11,12);;;;;/q;;;-2;4*+2/p-6. The molecule has 13 nitrogen and oxygen atoms in total. The monoisotopic (exact) mass is 764 g/mol. The molecule has 0 fully saturated rings. The summed E-state index contributed by atoms with van der Waals surface area (Å²) < 4.78 is 0. The second-order valence-electron chi connectivity index (χ2n) is 6.46. The van der Waals surface area contributed by atoms with Crippen LogP contribution < -0.4 is 30.6 Å². The van der Waals surface area contributed by atoms with E-state index in [1.54, 1.807) is 0 Å². The summed E-state index contributed by atoms with van der Waals surface area (Å²) in [5.41, 5.74) is -0.333. The van der Waals surface area contributed by atoms with Gasteiger partial charge in [-0.1, -0.05) is 72.8 Å². The van der Waals surface area contributed by atoms with Gasteiger partial charge in [-0.2, -0.15) is 0 Å². The van der Waals surface area contributed by atoms with Crippen LogP contribution in [0.4, 0.5) is 0 Å². The van der Waals surface area contributed by atoms with E-state index in [2.05, 4.69) is 0 Å². The van der Waals surface area contributed by atoms with E-state index in [-0.39, 0.29) is 117 Å². The summed E-state index contributed by atoms with van der Waals surface area (Å²) in [5.74, 6) is -8.00. The van der Waals surface area contributed by atoms with Crippen molar-refractivity contribution in [3.05, 3.63) is 106 Å². The van der Waals surface area contributed by atoms with Crippen molar-refractivity contribution in [2.24, 2.45) is 0 Å². The molecule has 0 saturated carbocycles. The van der Waals surface area contributed by atoms with Crippen molar-refractivity contribution in [1.82, 2.24) is 0 Å². The van der Waals surface area contributed by atoms with Crippen molar-refractivity contribution in [2.75, 3.05) is 0 Å². The van der Waals surface area contributed by atoms with Crippen LogP contribution in [-0.2, 0) is 83.4 Å². The van der Waals surface area contributed by atoms with E-state index in [1.165, 1.54) is 0 Å². The maximum absolute atomic E-state index is 10.2. The van der Waals surface area contributed by atoms with E-state index >= 15 is 0 Å². The molecule has 0 spiro atoms. The Kier molecular flexibility index (Phi) is 27.5. The molecule has 0 aliphatic rings. The number of carboxylic acid groups (broad SMARTS) is 6. The zero-order chi connectivity index (χ0) is 27.4. The van der Waals surface area contributed by atoms with Crippen LogP contribution in [0.15, 0.2) is 72.8 Å². The zero-order valence-corrected chi connectivity index (χ0v) is 32.9. The fraction of sp³-hybridized carbons (Fsp3) is 0. The second-order valence-corrected chi connectivity index (χ2v) is 6.46. The first-order chi connectivity index (χ1) is 16.8. The van der Waals surface area contributed by atoms with Crippen LogP contribution in [0, 0.1) is 0 Å². The SMILES string of the molecule is O=C([O-])c1ccc(C(=O)[O-])cc1.O=C([O-])c1ccc(C(=O)[O-])cc1.O=C([O-])c1ccc(C(=O)[O-])cc1.[O-2].[Zn+2].[Zn+2].[Zn+2].[Zn+2]. The summed E-state index contributed by atoms with van der Waals surface area (Å²) in [6, 6.07) is 13.8. The summed E-state index contributed by atoms with van der Waals surface area (Å²) in [7, 11) is 0. The maximum Gasteiger partial charge on any atom is 2.00 e. The molecular formula is C24H12O13Zn4. The molecule has 0 atom stereocenters. The van der Waals surface area contributed by atoms with E-state index in [9.17, 15) is 59.4 Å². The van der Waals surface area contributed by atoms with Gasteiger partial charge in [-0.25, -0.2) is 0 Å². The Morgan fingerprint density at radius 3 is 0.415 bits per heavy atom. The number of aromatic carboxylic acids is 6. The number of carbonyl (C=O) groups is 6. The van der Waals surface area contributed by atoms with E-state index in [1.807, 2.05) is 0 Å². The van der Waals surface area contributed by atoms with Gasteiger partial charge in [-0.15, -0.1) is 0 Å². The van der Waals surface area contributed by atoms with Gasteiger partial charge in [0.15, 0.2) is 0 Å². The molecule has 0 unspecified atom stereocenters. The van der Waals surface area contributed by atoms with E-state index in [0.717, 1.165) is 72.8 Å². The molecule has 0 radical (unpaired) electrons. The topological polar surface area (TPSA) is 269 Å². The number of carboxylic acids is 6. The van der Waals surface area contributed by atoms with E-state index in [4.69, 9.17) is 0 Å². The second kappa shape index (κ2) is 23.6. The smallest absolute Gasteiger partial charge is 2.00 e. The molecule has 0 saturated heterocycles. The minimum absolute atomic E-state index is 0. The molecule has 0 amide bonds. The first kappa shape index (κ1) is 47.7. The summed E-state index contributed by atoms with van der Waals surface area (Å²) in [4.78, 5) is 61.2. The molecule has 17 heteroatoms. The Hall–Kier alpha value is -3.07. The Morgan fingerprint density at radius 2 is 0.366 bits per heavy atom. The summed E-state index contributed by atoms with van der Waals surface area (Å²) >= 11 is 0. The van der Waals surface area contributed by atoms with Crippen LogP contribution in [0.1, 0.15) is 62.1 Å². The van der Waals surface area contributed by atoms with Crippen LogP contribution in [-0.4, -0.2) is 35.8 Å². The van der Waals surface area contributed by atoms with Crippen LogP contribution in [0.2, 0.25) is 0 Å². The van der Waals surface area contributed by atoms with E-state index in [0.29, 0.717) is 0 Å². The van der Waals surface area contributed by atoms with Gasteiger partial charge in [-0.05, 0) is 33.4 Å². The summed E-state index contributed by atoms with van der Waals surface area (Å²) in [5, 5.41) is 61.2. The predicted octanol–water partition coefficient (Wildman–Crippen LogP) is -4.89. The van der Waals surface area contributed by atoms with Crippen molar-refractivity contribution in [3.8, 4) is 0 Å². The maximum atomic E-state index is 10.2. The molecule has 3 rings (SSSR count). The minimum atomic E-state index is -1.33. The van der Waals surface area contributed by atoms with Crippen LogP contribution >= 0.6 is 0 Å². The molecule has 0 aliphatic carbocycles. The summed E-state index contributed by atoms with van der Waals surface area (Å²) in [6.45, 7) is 0. The van der Waals surface area contributed by atoms with E-state index < -0.39 is 35.8 Å². The van der Waals surface area contributed by atoms with Gasteiger partial charge in [0, 0.05) is 0 Å². The fourth-order valence-corrected chi connectivity index (χ4v) is 2.23. The van der Waals surface area contributed by atoms with Crippen LogP contribution in [0.3, 0.4) is 0 Å². The molecule has 0 N–H and O–H groups in total. The van der Waals surface area contributed by atoms with Crippen molar-refractivity contribution >= 4 is 35.8 Å². The molecule has 3 aromatic rings. The fourth-order valence-electron chi connectivity index (χ4n) is 2.23. The van der Waals surface area contributed by atoms with Gasteiger partial charge < -0.3 is 64.9 Å². The third-order valence-electron chi connectivity index (χ3n) is 4.07. The predicted molar refractivity (Wildman–Crippen MR) is 106 cm³/mol. The van der Waals surface area contributed by atoms with Crippen molar-refractivity contribution in [2.45, 2.75) is 0 Å². The number of rotatable bonds is 6. The molecule has 41 heavy (non-hydrogen) atoms. The van der Waals surface area contributed by atoms with Gasteiger partial charge in [0.25, 0.3) is 0 Å².